The van der Waals surface area contributed by atoms with Crippen LogP contribution in [0.2, 0.25) is 0 Å². The molecule has 0 aliphatic carbocycles. The van der Waals surface area contributed by atoms with Gasteiger partial charge in [0.1, 0.15) is 0 Å². The first-order chi connectivity index (χ1) is 8.63. The van der Waals surface area contributed by atoms with Crippen molar-refractivity contribution in [3.05, 3.63) is 55.7 Å². The Morgan fingerprint density at radius 1 is 1.33 bits per heavy atom. The van der Waals surface area contributed by atoms with Crippen LogP contribution < -0.4 is 5.32 Å². The molecule has 0 aliphatic rings. The number of nitrogens with one attached hydrogen (secondary N) is 1. The summed E-state index contributed by atoms with van der Waals surface area (Å²) in [7, 11) is 0. The second-order valence-corrected chi connectivity index (χ2v) is 6.31. The average Bonchev–Trinajstić information content (AvgIpc) is 2.77. The largest absolute Gasteiger partial charge is 0.306 e. The molecule has 1 nitrogen and oxygen atoms in total. The van der Waals surface area contributed by atoms with E-state index >= 15 is 0 Å². The highest BCUT2D eigenvalue weighted by Gasteiger charge is 2.17. The number of hydrogen-bond donors (Lipinski definition) is 1. The summed E-state index contributed by atoms with van der Waals surface area (Å²) in [6.45, 7) is 7.50. The van der Waals surface area contributed by atoms with Gasteiger partial charge in [-0.2, -0.15) is 0 Å². The van der Waals surface area contributed by atoms with E-state index in [1.54, 1.807) is 11.3 Å². The third kappa shape index (κ3) is 2.85. The lowest BCUT2D eigenvalue weighted by Crippen LogP contribution is -2.22. The van der Waals surface area contributed by atoms with Gasteiger partial charge < -0.3 is 5.32 Å². The topological polar surface area (TPSA) is 12.0 Å². The standard InChI is InChI=1S/C15H18BrNS/c1-4-17-15(14-8-12(16)9-18-14)13-7-5-6-10(2)11(13)3/h5-9,15,17H,4H2,1-3H3. The molecule has 1 atom stereocenters. The molecule has 3 heteroatoms. The summed E-state index contributed by atoms with van der Waals surface area (Å²) in [4.78, 5) is 1.36. The monoisotopic (exact) mass is 323 g/mol. The van der Waals surface area contributed by atoms with Crippen LogP contribution in [0.4, 0.5) is 0 Å². The minimum atomic E-state index is 0.297. The van der Waals surface area contributed by atoms with Crippen LogP contribution in [0, 0.1) is 13.8 Å². The zero-order chi connectivity index (χ0) is 13.1. The predicted molar refractivity (Wildman–Crippen MR) is 83.5 cm³/mol. The highest BCUT2D eigenvalue weighted by Crippen LogP contribution is 2.32. The third-order valence-corrected chi connectivity index (χ3v) is 5.00. The van der Waals surface area contributed by atoms with E-state index in [0.717, 1.165) is 11.0 Å². The summed E-state index contributed by atoms with van der Waals surface area (Å²) >= 11 is 5.34. The van der Waals surface area contributed by atoms with E-state index in [1.807, 2.05) is 0 Å². The molecule has 0 saturated carbocycles. The van der Waals surface area contributed by atoms with Crippen molar-refractivity contribution in [3.8, 4) is 0 Å². The molecule has 1 aromatic carbocycles. The molecule has 2 rings (SSSR count). The molecule has 0 saturated heterocycles. The van der Waals surface area contributed by atoms with Crippen LogP contribution in [0.3, 0.4) is 0 Å². The van der Waals surface area contributed by atoms with Crippen molar-refractivity contribution in [1.29, 1.82) is 0 Å². The Balaban J connectivity index is 2.44. The Morgan fingerprint density at radius 2 is 2.11 bits per heavy atom. The summed E-state index contributed by atoms with van der Waals surface area (Å²) < 4.78 is 1.16. The van der Waals surface area contributed by atoms with Gasteiger partial charge in [-0.1, -0.05) is 25.1 Å². The molecular weight excluding hydrogens is 306 g/mol. The van der Waals surface area contributed by atoms with Crippen molar-refractivity contribution >= 4 is 27.3 Å². The molecule has 0 bridgehead atoms. The van der Waals surface area contributed by atoms with E-state index in [4.69, 9.17) is 0 Å². The van der Waals surface area contributed by atoms with E-state index in [9.17, 15) is 0 Å². The zero-order valence-corrected chi connectivity index (χ0v) is 13.4. The molecule has 1 heterocycles. The van der Waals surface area contributed by atoms with Crippen LogP contribution in [0.5, 0.6) is 0 Å². The van der Waals surface area contributed by atoms with E-state index in [1.165, 1.54) is 21.6 Å². The van der Waals surface area contributed by atoms with Crippen molar-refractivity contribution in [2.24, 2.45) is 0 Å². The number of aryl methyl sites for hydroxylation is 1. The Bertz CT molecular complexity index is 533. The van der Waals surface area contributed by atoms with Gasteiger partial charge in [0.2, 0.25) is 0 Å². The maximum absolute atomic E-state index is 3.59. The molecular formula is C15H18BrNS. The van der Waals surface area contributed by atoms with Gasteiger partial charge >= 0.3 is 0 Å². The second-order valence-electron chi connectivity index (χ2n) is 4.45. The van der Waals surface area contributed by atoms with Crippen LogP contribution in [0.1, 0.15) is 34.5 Å². The van der Waals surface area contributed by atoms with Crippen molar-refractivity contribution in [1.82, 2.24) is 5.32 Å². The van der Waals surface area contributed by atoms with Crippen LogP contribution in [0.15, 0.2) is 34.1 Å². The summed E-state index contributed by atoms with van der Waals surface area (Å²) in [5.41, 5.74) is 4.12. The first-order valence-electron chi connectivity index (χ1n) is 6.17. The minimum Gasteiger partial charge on any atom is -0.306 e. The van der Waals surface area contributed by atoms with Gasteiger partial charge in [-0.15, -0.1) is 11.3 Å². The van der Waals surface area contributed by atoms with Gasteiger partial charge in [0, 0.05) is 14.7 Å². The normalized spacial score (nSPS) is 12.7. The Hall–Kier alpha value is -0.640. The molecule has 0 radical (unpaired) electrons. The fourth-order valence-corrected chi connectivity index (χ4v) is 3.67. The molecule has 1 unspecified atom stereocenters. The predicted octanol–water partition coefficient (Wildman–Crippen LogP) is 4.83. The van der Waals surface area contributed by atoms with Crippen LogP contribution >= 0.6 is 27.3 Å². The maximum Gasteiger partial charge on any atom is 0.0674 e. The molecule has 0 spiro atoms. The molecule has 2 aromatic rings. The van der Waals surface area contributed by atoms with Crippen molar-refractivity contribution < 1.29 is 0 Å². The fraction of sp³-hybridized carbons (Fsp3) is 0.333. The van der Waals surface area contributed by atoms with Gasteiger partial charge in [0.25, 0.3) is 0 Å². The number of benzene rings is 1. The number of rotatable bonds is 4. The Kier molecular flexibility index (Phi) is 4.60. The van der Waals surface area contributed by atoms with Crippen LogP contribution in [-0.4, -0.2) is 6.54 Å². The third-order valence-electron chi connectivity index (χ3n) is 3.24. The molecule has 0 aliphatic heterocycles. The van der Waals surface area contributed by atoms with Crippen LogP contribution in [-0.2, 0) is 0 Å². The Morgan fingerprint density at radius 3 is 2.72 bits per heavy atom. The second kappa shape index (κ2) is 6.00. The van der Waals surface area contributed by atoms with Crippen LogP contribution in [0.25, 0.3) is 0 Å². The number of halogens is 1. The lowest BCUT2D eigenvalue weighted by atomic mass is 9.96. The SMILES string of the molecule is CCNC(c1cc(Br)cs1)c1cccc(C)c1C. The summed E-state index contributed by atoms with van der Waals surface area (Å²) in [6, 6.07) is 9.05. The maximum atomic E-state index is 3.59. The van der Waals surface area contributed by atoms with Gasteiger partial charge in [0.05, 0.1) is 6.04 Å². The lowest BCUT2D eigenvalue weighted by Gasteiger charge is -2.20. The van der Waals surface area contributed by atoms with Crippen molar-refractivity contribution in [2.45, 2.75) is 26.8 Å². The van der Waals surface area contributed by atoms with Crippen molar-refractivity contribution in [3.63, 3.8) is 0 Å². The van der Waals surface area contributed by atoms with E-state index < -0.39 is 0 Å². The van der Waals surface area contributed by atoms with Gasteiger partial charge in [0.15, 0.2) is 0 Å². The Labute approximate surface area is 121 Å². The summed E-state index contributed by atoms with van der Waals surface area (Å²) in [5.74, 6) is 0. The van der Waals surface area contributed by atoms with E-state index in [-0.39, 0.29) is 0 Å². The number of hydrogen-bond acceptors (Lipinski definition) is 2. The smallest absolute Gasteiger partial charge is 0.0674 e. The van der Waals surface area contributed by atoms with Gasteiger partial charge in [-0.05, 0) is 59.1 Å². The van der Waals surface area contributed by atoms with Gasteiger partial charge in [-0.3, -0.25) is 0 Å². The van der Waals surface area contributed by atoms with Gasteiger partial charge in [-0.25, -0.2) is 0 Å². The fourth-order valence-electron chi connectivity index (χ4n) is 2.13. The molecule has 0 fully saturated rings. The minimum absolute atomic E-state index is 0.297. The quantitative estimate of drug-likeness (QED) is 0.850. The molecule has 96 valence electrons. The number of thiophene rings is 1. The summed E-state index contributed by atoms with van der Waals surface area (Å²) in [5, 5.41) is 5.73. The molecule has 1 N–H and O–H groups in total. The first-order valence-corrected chi connectivity index (χ1v) is 7.84. The van der Waals surface area contributed by atoms with Crippen molar-refractivity contribution in [2.75, 3.05) is 6.54 Å². The zero-order valence-electron chi connectivity index (χ0n) is 11.0. The summed E-state index contributed by atoms with van der Waals surface area (Å²) in [6.07, 6.45) is 0. The first kappa shape index (κ1) is 13.8. The lowest BCUT2D eigenvalue weighted by molar-refractivity contribution is 0.636. The highest BCUT2D eigenvalue weighted by atomic mass is 79.9. The highest BCUT2D eigenvalue weighted by molar-refractivity contribution is 9.10. The van der Waals surface area contributed by atoms with E-state index in [0.29, 0.717) is 6.04 Å². The average molecular weight is 324 g/mol. The molecule has 0 amide bonds. The van der Waals surface area contributed by atoms with E-state index in [2.05, 4.69) is 71.7 Å². The molecule has 1 aromatic heterocycles. The molecule has 18 heavy (non-hydrogen) atoms.